The molecular weight excluding hydrogens is 892 g/mol. The maximum Gasteiger partial charge on any atom is 0.198 e. The van der Waals surface area contributed by atoms with Gasteiger partial charge in [-0.2, -0.15) is 0 Å². The molecule has 1 unspecified atom stereocenters. The quantitative estimate of drug-likeness (QED) is 0.0595. The number of halogens is 12. The zero-order valence-electron chi connectivity index (χ0n) is 34.0. The monoisotopic (exact) mass is 920 g/mol. The summed E-state index contributed by atoms with van der Waals surface area (Å²) in [4.78, 5) is 12.0. The third-order valence-electron chi connectivity index (χ3n) is 11.2. The van der Waals surface area contributed by atoms with E-state index in [1.807, 2.05) is 9.24 Å². The van der Waals surface area contributed by atoms with E-state index < -0.39 is 108 Å². The normalized spacial score (nSPS) is 12.0. The Morgan fingerprint density at radius 3 is 1.51 bits per heavy atom. The van der Waals surface area contributed by atoms with E-state index in [4.69, 9.17) is 0 Å². The molecule has 0 amide bonds. The number of fused-ring (bicyclic) bond motifs is 6. The van der Waals surface area contributed by atoms with Crippen molar-refractivity contribution < 1.29 is 52.8 Å². The van der Waals surface area contributed by atoms with Crippen molar-refractivity contribution in [3.63, 3.8) is 0 Å². The maximum atomic E-state index is 16.5. The number of anilines is 1. The second kappa shape index (κ2) is 16.9. The maximum absolute atomic E-state index is 16.5. The van der Waals surface area contributed by atoms with Crippen molar-refractivity contribution in [2.24, 2.45) is 0 Å². The van der Waals surface area contributed by atoms with E-state index in [-0.39, 0.29) is 61.8 Å². The predicted octanol–water partition coefficient (Wildman–Crippen LogP) is 14.0. The molecule has 0 radical (unpaired) electrons. The number of aryl methyl sites for hydroxylation is 1. The van der Waals surface area contributed by atoms with Crippen LogP contribution in [0.25, 0.3) is 79.8 Å². The fourth-order valence-corrected chi connectivity index (χ4v) is 8.00. The number of nitrogens with one attached hydrogen (secondary N) is 2. The highest BCUT2D eigenvalue weighted by atomic mass is 31.0. The molecule has 2 aliphatic rings. The summed E-state index contributed by atoms with van der Waals surface area (Å²) >= 11 is 0. The van der Waals surface area contributed by atoms with Crippen molar-refractivity contribution in [3.8, 4) is 44.5 Å². The van der Waals surface area contributed by atoms with Crippen LogP contribution < -0.4 is 10.8 Å². The highest BCUT2D eigenvalue weighted by Crippen LogP contribution is 2.42. The Labute approximate surface area is 363 Å². The van der Waals surface area contributed by atoms with Crippen molar-refractivity contribution in [3.05, 3.63) is 164 Å². The van der Waals surface area contributed by atoms with Crippen LogP contribution in [0.15, 0.2) is 54.6 Å². The zero-order chi connectivity index (χ0) is 46.9. The molecule has 8 rings (SSSR count). The van der Waals surface area contributed by atoms with Gasteiger partial charge in [0.05, 0.1) is 39.6 Å². The van der Waals surface area contributed by atoms with E-state index in [0.717, 1.165) is 32.9 Å². The average Bonchev–Trinajstić information content (AvgIpc) is 4.10. The zero-order valence-corrected chi connectivity index (χ0v) is 35.2. The molecule has 0 spiro atoms. The number of benzene rings is 4. The second-order valence-corrected chi connectivity index (χ2v) is 15.6. The smallest absolute Gasteiger partial charge is 0.198 e. The van der Waals surface area contributed by atoms with E-state index in [1.54, 1.807) is 0 Å². The highest BCUT2D eigenvalue weighted by molar-refractivity contribution is 7.27. The van der Waals surface area contributed by atoms with Gasteiger partial charge in [0.2, 0.25) is 0 Å². The summed E-state index contributed by atoms with van der Waals surface area (Å²) in [6.07, 6.45) is 5.05. The van der Waals surface area contributed by atoms with Gasteiger partial charge in [-0.25, -0.2) is 63.8 Å². The first-order valence-corrected chi connectivity index (χ1v) is 19.8. The summed E-state index contributed by atoms with van der Waals surface area (Å²) in [6.45, 7) is 4.37. The SMILES string of the molecule is Cc1cccc(-c2ccc(NF)cc2)c2nc(c(-c3c(C)c(F)c(F)c(F)c3F)c3ccc([nH]3)c(-c3c(F)c(C)c(P)c(F)c3F)c3nc(c1-c1c(F)c(C)c(F)c(F)c1F)C=C3)C=C2. The van der Waals surface area contributed by atoms with E-state index >= 15 is 39.5 Å². The van der Waals surface area contributed by atoms with Crippen molar-refractivity contribution in [1.82, 2.24) is 15.0 Å². The van der Waals surface area contributed by atoms with Gasteiger partial charge >= 0.3 is 0 Å². The molecule has 4 aromatic carbocycles. The lowest BCUT2D eigenvalue weighted by molar-refractivity contribution is 0.408. The largest absolute Gasteiger partial charge is 0.354 e. The van der Waals surface area contributed by atoms with Crippen LogP contribution in [-0.2, 0) is 0 Å². The summed E-state index contributed by atoms with van der Waals surface area (Å²) in [5.41, 5.74) is -5.37. The molecule has 1 atom stereocenters. The first-order valence-electron chi connectivity index (χ1n) is 19.2. The summed E-state index contributed by atoms with van der Waals surface area (Å²) in [7, 11) is 1.89. The van der Waals surface area contributed by atoms with Gasteiger partial charge in [0, 0.05) is 49.7 Å². The lowest BCUT2D eigenvalue weighted by Crippen LogP contribution is -2.12. The third kappa shape index (κ3) is 7.29. The van der Waals surface area contributed by atoms with Gasteiger partial charge in [0.15, 0.2) is 52.4 Å². The van der Waals surface area contributed by atoms with Crippen LogP contribution >= 0.6 is 9.24 Å². The number of hydrogen-bond acceptors (Lipinski definition) is 3. The molecule has 2 aliphatic heterocycles. The Balaban J connectivity index is 1.64. The number of hydrogen-bond donors (Lipinski definition) is 2. The second-order valence-electron chi connectivity index (χ2n) is 15.0. The summed E-state index contributed by atoms with van der Waals surface area (Å²) < 4.78 is 185. The summed E-state index contributed by atoms with van der Waals surface area (Å²) in [6, 6.07) is 12.2. The molecule has 6 aromatic rings. The molecule has 0 saturated carbocycles. The number of rotatable bonds is 5. The summed E-state index contributed by atoms with van der Waals surface area (Å²) in [5.74, 6) is -19.6. The van der Waals surface area contributed by atoms with Crippen molar-refractivity contribution in [2.45, 2.75) is 27.7 Å². The summed E-state index contributed by atoms with van der Waals surface area (Å²) in [5, 5.41) is -0.465. The number of aromatic nitrogens is 3. The van der Waals surface area contributed by atoms with E-state index in [2.05, 4.69) is 15.0 Å². The standard InChI is InChI=1S/C48H29F12N4P/c1-18-6-5-7-24(22-8-10-23(64-60)11-9-22)25-12-13-27(61-25)33(32-19(2)39(51)45(57)46(58)41(32)53)28-16-17-30(63-28)34(36-38(50)21(4)48(65)47(59)43(36)55)29-15-14-26(62-29)31(18)35-37(49)20(3)40(52)44(56)42(35)54/h5-17,63-64H,65H2,1-4H3. The Morgan fingerprint density at radius 1 is 0.431 bits per heavy atom. The molecule has 0 aliphatic carbocycles. The van der Waals surface area contributed by atoms with Crippen LogP contribution in [0.3, 0.4) is 0 Å². The third-order valence-corrected chi connectivity index (χ3v) is 11.9. The first-order chi connectivity index (χ1) is 30.9. The Morgan fingerprint density at radius 2 is 0.892 bits per heavy atom. The molecule has 2 N–H and O–H groups in total. The van der Waals surface area contributed by atoms with Crippen molar-refractivity contribution in [1.29, 1.82) is 0 Å². The van der Waals surface area contributed by atoms with Gasteiger partial charge in [-0.05, 0) is 98.5 Å². The molecule has 330 valence electrons. The molecule has 0 fully saturated rings. The van der Waals surface area contributed by atoms with Gasteiger partial charge in [0.1, 0.15) is 11.6 Å². The van der Waals surface area contributed by atoms with Crippen molar-refractivity contribution >= 4 is 55.6 Å². The molecule has 6 bridgehead atoms. The Hall–Kier alpha value is -6.93. The Kier molecular flexibility index (Phi) is 11.6. The van der Waals surface area contributed by atoms with Crippen molar-refractivity contribution in [2.75, 3.05) is 5.54 Å². The van der Waals surface area contributed by atoms with E-state index in [1.165, 1.54) is 79.2 Å². The van der Waals surface area contributed by atoms with Crippen LogP contribution in [0.4, 0.5) is 58.5 Å². The predicted molar refractivity (Wildman–Crippen MR) is 230 cm³/mol. The highest BCUT2D eigenvalue weighted by Gasteiger charge is 2.31. The lowest BCUT2D eigenvalue weighted by atomic mass is 9.96. The molecule has 4 nitrogen and oxygen atoms in total. The van der Waals surface area contributed by atoms with Crippen LogP contribution in [-0.4, -0.2) is 15.0 Å². The fourth-order valence-electron chi connectivity index (χ4n) is 7.75. The number of H-pyrrole nitrogens is 1. The molecule has 2 aromatic heterocycles. The topological polar surface area (TPSA) is 53.6 Å². The van der Waals surface area contributed by atoms with Gasteiger partial charge in [-0.1, -0.05) is 30.3 Å². The van der Waals surface area contributed by atoms with Gasteiger partial charge in [0.25, 0.3) is 0 Å². The molecular formula is C48H29F12N4P. The van der Waals surface area contributed by atoms with Crippen LogP contribution in [0.2, 0.25) is 0 Å². The molecule has 17 heteroatoms. The lowest BCUT2D eigenvalue weighted by Gasteiger charge is -2.14. The minimum Gasteiger partial charge on any atom is -0.354 e. The van der Waals surface area contributed by atoms with E-state index in [0.29, 0.717) is 5.56 Å². The minimum absolute atomic E-state index is 0.0249. The van der Waals surface area contributed by atoms with Gasteiger partial charge in [-0.3, -0.25) is 0 Å². The van der Waals surface area contributed by atoms with E-state index in [9.17, 15) is 13.3 Å². The minimum atomic E-state index is -2.17. The average molecular weight is 921 g/mol. The number of nitrogens with zero attached hydrogens (tertiary/aromatic N) is 2. The first kappa shape index (κ1) is 44.7. The van der Waals surface area contributed by atoms with Crippen LogP contribution in [0.5, 0.6) is 0 Å². The van der Waals surface area contributed by atoms with Gasteiger partial charge < -0.3 is 4.98 Å². The number of aromatic amines is 1. The van der Waals surface area contributed by atoms with Crippen LogP contribution in [0, 0.1) is 91.7 Å². The fraction of sp³-hybridized carbons (Fsp3) is 0.0833. The van der Waals surface area contributed by atoms with Gasteiger partial charge in [-0.15, -0.1) is 13.7 Å². The van der Waals surface area contributed by atoms with Crippen LogP contribution in [0.1, 0.15) is 45.0 Å². The Bertz CT molecular complexity index is 3240. The molecule has 4 heterocycles. The molecule has 0 saturated heterocycles. The molecule has 65 heavy (non-hydrogen) atoms.